The second kappa shape index (κ2) is 6.35. The van der Waals surface area contributed by atoms with Crippen LogP contribution >= 0.6 is 0 Å². The Morgan fingerprint density at radius 3 is 2.76 bits per heavy atom. The Morgan fingerprint density at radius 1 is 1.24 bits per heavy atom. The van der Waals surface area contributed by atoms with Gasteiger partial charge < -0.3 is 0 Å². The van der Waals surface area contributed by atoms with E-state index in [1.165, 1.54) is 24.9 Å². The lowest BCUT2D eigenvalue weighted by Crippen LogP contribution is -2.35. The van der Waals surface area contributed by atoms with Gasteiger partial charge in [0.25, 0.3) is 0 Å². The largest absolute Gasteiger partial charge is 0.298 e. The molecule has 0 aromatic carbocycles. The summed E-state index contributed by atoms with van der Waals surface area (Å²) in [7, 11) is 0. The smallest absolute Gasteiger partial charge is 0.147 e. The second-order valence-corrected chi connectivity index (χ2v) is 5.83. The van der Waals surface area contributed by atoms with E-state index in [2.05, 4.69) is 36.8 Å². The third kappa shape index (κ3) is 3.47. The highest BCUT2D eigenvalue weighted by atomic mass is 15.4. The molecule has 2 aromatic rings. The molecule has 0 spiro atoms. The summed E-state index contributed by atoms with van der Waals surface area (Å²) in [6, 6.07) is 4.80. The van der Waals surface area contributed by atoms with Crippen LogP contribution in [0.25, 0.3) is 0 Å². The molecular formula is C16H23N5. The van der Waals surface area contributed by atoms with Crippen molar-refractivity contribution >= 4 is 0 Å². The first-order valence-corrected chi connectivity index (χ1v) is 7.73. The summed E-state index contributed by atoms with van der Waals surface area (Å²) in [5, 5.41) is 4.50. The van der Waals surface area contributed by atoms with Crippen LogP contribution < -0.4 is 0 Å². The van der Waals surface area contributed by atoms with Crippen LogP contribution in [0.2, 0.25) is 0 Å². The molecule has 0 amide bonds. The number of likely N-dealkylation sites (tertiary alicyclic amines) is 1. The standard InChI is InChI=1S/C16H23N5/c1-13-18-14(2)21(19-13)12-16-4-3-10-20(16)11-7-15-5-8-17-9-6-15/h5-6,8-9,16H,3-4,7,10-12H2,1-2H3/t16-/m1/s1. The quantitative estimate of drug-likeness (QED) is 0.843. The van der Waals surface area contributed by atoms with Crippen molar-refractivity contribution < 1.29 is 0 Å². The summed E-state index contributed by atoms with van der Waals surface area (Å²) in [5.41, 5.74) is 1.36. The Labute approximate surface area is 126 Å². The van der Waals surface area contributed by atoms with Gasteiger partial charge in [-0.2, -0.15) is 5.10 Å². The maximum atomic E-state index is 4.50. The molecule has 0 aliphatic carbocycles. The SMILES string of the molecule is Cc1nc(C)n(C[C@H]2CCCN2CCc2ccncc2)n1. The van der Waals surface area contributed by atoms with Gasteiger partial charge in [-0.3, -0.25) is 9.88 Å². The fourth-order valence-electron chi connectivity index (χ4n) is 3.15. The zero-order chi connectivity index (χ0) is 14.7. The van der Waals surface area contributed by atoms with Crippen LogP contribution in [0.5, 0.6) is 0 Å². The lowest BCUT2D eigenvalue weighted by molar-refractivity contribution is 0.228. The first-order chi connectivity index (χ1) is 10.2. The van der Waals surface area contributed by atoms with Crippen molar-refractivity contribution in [1.82, 2.24) is 24.6 Å². The molecule has 1 saturated heterocycles. The van der Waals surface area contributed by atoms with Crippen molar-refractivity contribution in [2.75, 3.05) is 13.1 Å². The van der Waals surface area contributed by atoms with E-state index in [0.717, 1.165) is 31.2 Å². The fourth-order valence-corrected chi connectivity index (χ4v) is 3.15. The van der Waals surface area contributed by atoms with Crippen LogP contribution in [0.15, 0.2) is 24.5 Å². The topological polar surface area (TPSA) is 46.8 Å². The number of aryl methyl sites for hydroxylation is 2. The molecule has 3 rings (SSSR count). The van der Waals surface area contributed by atoms with Gasteiger partial charge in [-0.25, -0.2) is 9.67 Å². The molecule has 0 saturated carbocycles. The summed E-state index contributed by atoms with van der Waals surface area (Å²) in [6.45, 7) is 7.27. The van der Waals surface area contributed by atoms with Gasteiger partial charge in [-0.1, -0.05) is 0 Å². The molecule has 0 radical (unpaired) electrons. The van der Waals surface area contributed by atoms with Crippen molar-refractivity contribution in [1.29, 1.82) is 0 Å². The van der Waals surface area contributed by atoms with E-state index < -0.39 is 0 Å². The van der Waals surface area contributed by atoms with E-state index >= 15 is 0 Å². The predicted octanol–water partition coefficient (Wildman–Crippen LogP) is 2.00. The van der Waals surface area contributed by atoms with E-state index in [-0.39, 0.29) is 0 Å². The molecule has 1 fully saturated rings. The van der Waals surface area contributed by atoms with Crippen LogP contribution in [-0.4, -0.2) is 43.8 Å². The maximum Gasteiger partial charge on any atom is 0.147 e. The van der Waals surface area contributed by atoms with E-state index in [4.69, 9.17) is 0 Å². The van der Waals surface area contributed by atoms with Crippen molar-refractivity contribution in [3.63, 3.8) is 0 Å². The van der Waals surface area contributed by atoms with Gasteiger partial charge in [0.2, 0.25) is 0 Å². The Kier molecular flexibility index (Phi) is 4.29. The average Bonchev–Trinajstić information content (AvgIpc) is 3.05. The first-order valence-electron chi connectivity index (χ1n) is 7.73. The van der Waals surface area contributed by atoms with Crippen LogP contribution in [0.1, 0.15) is 30.1 Å². The average molecular weight is 285 g/mol. The van der Waals surface area contributed by atoms with Crippen LogP contribution in [0.3, 0.4) is 0 Å². The monoisotopic (exact) mass is 285 g/mol. The number of nitrogens with zero attached hydrogens (tertiary/aromatic N) is 5. The summed E-state index contributed by atoms with van der Waals surface area (Å²) < 4.78 is 2.06. The van der Waals surface area contributed by atoms with Crippen molar-refractivity contribution in [2.24, 2.45) is 0 Å². The third-order valence-corrected chi connectivity index (χ3v) is 4.28. The van der Waals surface area contributed by atoms with Gasteiger partial charge in [0.1, 0.15) is 11.6 Å². The second-order valence-electron chi connectivity index (χ2n) is 5.83. The van der Waals surface area contributed by atoms with Gasteiger partial charge >= 0.3 is 0 Å². The number of hydrogen-bond acceptors (Lipinski definition) is 4. The molecule has 3 heterocycles. The van der Waals surface area contributed by atoms with E-state index in [1.807, 2.05) is 26.2 Å². The van der Waals surface area contributed by atoms with Crippen molar-refractivity contribution in [2.45, 2.75) is 45.7 Å². The maximum absolute atomic E-state index is 4.50. The van der Waals surface area contributed by atoms with E-state index in [1.54, 1.807) is 0 Å². The summed E-state index contributed by atoms with van der Waals surface area (Å²) in [5.74, 6) is 1.89. The molecule has 2 aromatic heterocycles. The van der Waals surface area contributed by atoms with Crippen molar-refractivity contribution in [3.05, 3.63) is 41.7 Å². The first kappa shape index (κ1) is 14.2. The minimum atomic E-state index is 0.589. The summed E-state index contributed by atoms with van der Waals surface area (Å²) in [4.78, 5) is 11.1. The van der Waals surface area contributed by atoms with E-state index in [9.17, 15) is 0 Å². The molecule has 1 atom stereocenters. The van der Waals surface area contributed by atoms with Gasteiger partial charge in [0, 0.05) is 25.0 Å². The Bertz CT molecular complexity index is 578. The van der Waals surface area contributed by atoms with Crippen LogP contribution in [0.4, 0.5) is 0 Å². The lowest BCUT2D eigenvalue weighted by Gasteiger charge is -2.24. The zero-order valence-corrected chi connectivity index (χ0v) is 12.9. The fraction of sp³-hybridized carbons (Fsp3) is 0.562. The minimum Gasteiger partial charge on any atom is -0.298 e. The molecule has 0 unspecified atom stereocenters. The Morgan fingerprint density at radius 2 is 2.05 bits per heavy atom. The molecule has 112 valence electrons. The van der Waals surface area contributed by atoms with Gasteiger partial charge in [-0.15, -0.1) is 0 Å². The van der Waals surface area contributed by atoms with Gasteiger partial charge in [0.05, 0.1) is 6.54 Å². The highest BCUT2D eigenvalue weighted by Gasteiger charge is 2.25. The highest BCUT2D eigenvalue weighted by Crippen LogP contribution is 2.19. The van der Waals surface area contributed by atoms with E-state index in [0.29, 0.717) is 6.04 Å². The number of aromatic nitrogens is 4. The molecule has 1 aliphatic heterocycles. The Balaban J connectivity index is 1.59. The molecule has 1 aliphatic rings. The minimum absolute atomic E-state index is 0.589. The predicted molar refractivity (Wildman–Crippen MR) is 82.0 cm³/mol. The van der Waals surface area contributed by atoms with Gasteiger partial charge in [0.15, 0.2) is 0 Å². The lowest BCUT2D eigenvalue weighted by atomic mass is 10.1. The van der Waals surface area contributed by atoms with Gasteiger partial charge in [-0.05, 0) is 57.4 Å². The third-order valence-electron chi connectivity index (χ3n) is 4.28. The molecule has 21 heavy (non-hydrogen) atoms. The van der Waals surface area contributed by atoms with Crippen LogP contribution in [-0.2, 0) is 13.0 Å². The molecule has 5 nitrogen and oxygen atoms in total. The number of pyridine rings is 1. The molecule has 5 heteroatoms. The Hall–Kier alpha value is -1.75. The van der Waals surface area contributed by atoms with Crippen molar-refractivity contribution in [3.8, 4) is 0 Å². The zero-order valence-electron chi connectivity index (χ0n) is 12.9. The van der Waals surface area contributed by atoms with Crippen LogP contribution in [0, 0.1) is 13.8 Å². The molecule has 0 bridgehead atoms. The summed E-state index contributed by atoms with van der Waals surface area (Å²) in [6.07, 6.45) is 7.38. The molecule has 0 N–H and O–H groups in total. The number of rotatable bonds is 5. The molecular weight excluding hydrogens is 262 g/mol. The highest BCUT2D eigenvalue weighted by molar-refractivity contribution is 5.10. The number of hydrogen-bond donors (Lipinski definition) is 0. The summed E-state index contributed by atoms with van der Waals surface area (Å²) >= 11 is 0. The normalized spacial score (nSPS) is 19.2.